The van der Waals surface area contributed by atoms with Crippen LogP contribution in [0.15, 0.2) is 36.4 Å². The van der Waals surface area contributed by atoms with Crippen molar-refractivity contribution in [3.8, 4) is 11.8 Å². The normalized spacial score (nSPS) is 21.0. The van der Waals surface area contributed by atoms with E-state index < -0.39 is 17.7 Å². The molecule has 2 N–H and O–H groups in total. The predicted octanol–water partition coefficient (Wildman–Crippen LogP) is 1.57. The summed E-state index contributed by atoms with van der Waals surface area (Å²) >= 11 is 0. The summed E-state index contributed by atoms with van der Waals surface area (Å²) in [6.07, 6.45) is 1.57. The quantitative estimate of drug-likeness (QED) is 0.597. The van der Waals surface area contributed by atoms with Crippen molar-refractivity contribution in [1.29, 1.82) is 5.26 Å². The van der Waals surface area contributed by atoms with Gasteiger partial charge in [0.2, 0.25) is 0 Å². The maximum atomic E-state index is 10.7. The van der Waals surface area contributed by atoms with Gasteiger partial charge in [0.15, 0.2) is 12.2 Å². The molecule has 1 aliphatic heterocycles. The van der Waals surface area contributed by atoms with Gasteiger partial charge in [-0.1, -0.05) is 0 Å². The van der Waals surface area contributed by atoms with Crippen LogP contribution in [0.25, 0.3) is 0 Å². The lowest BCUT2D eigenvalue weighted by Gasteiger charge is -2.42. The zero-order valence-electron chi connectivity index (χ0n) is 14.3. The number of rotatable bonds is 6. The summed E-state index contributed by atoms with van der Waals surface area (Å²) in [4.78, 5) is 10.1. The summed E-state index contributed by atoms with van der Waals surface area (Å²) in [5, 5.41) is 22.9. The minimum absolute atomic E-state index is 0.0343. The summed E-state index contributed by atoms with van der Waals surface area (Å²) in [6, 6.07) is 6.62. The van der Waals surface area contributed by atoms with Gasteiger partial charge in [-0.05, 0) is 32.0 Å². The Morgan fingerprint density at radius 2 is 2.28 bits per heavy atom. The topological polar surface area (TPSA) is 101 Å². The molecule has 0 saturated carbocycles. The van der Waals surface area contributed by atoms with Crippen molar-refractivity contribution in [1.82, 2.24) is 5.32 Å². The number of aliphatic hydroxyl groups is 1. The van der Waals surface area contributed by atoms with Crippen LogP contribution in [0.2, 0.25) is 0 Å². The monoisotopic (exact) mass is 344 g/mol. The molecule has 0 aromatic heterocycles. The smallest absolute Gasteiger partial charge is 0.167 e. The fourth-order valence-electron chi connectivity index (χ4n) is 2.55. The van der Waals surface area contributed by atoms with Gasteiger partial charge in [-0.25, -0.2) is 4.79 Å². The highest BCUT2D eigenvalue weighted by Gasteiger charge is 2.42. The average Bonchev–Trinajstić information content (AvgIpc) is 2.60. The Labute approximate surface area is 146 Å². The lowest BCUT2D eigenvalue weighted by molar-refractivity contribution is -0.0623. The van der Waals surface area contributed by atoms with Crippen molar-refractivity contribution >= 4 is 5.94 Å². The highest BCUT2D eigenvalue weighted by atomic mass is 16.5. The Bertz CT molecular complexity index is 744. The first-order valence-electron chi connectivity index (χ1n) is 7.64. The number of methoxy groups -OCH3 is 1. The van der Waals surface area contributed by atoms with E-state index in [1.54, 1.807) is 38.2 Å². The van der Waals surface area contributed by atoms with Crippen LogP contribution < -0.4 is 10.1 Å². The van der Waals surface area contributed by atoms with E-state index in [1.165, 1.54) is 13.1 Å². The molecule has 25 heavy (non-hydrogen) atoms. The van der Waals surface area contributed by atoms with Gasteiger partial charge in [0.05, 0.1) is 24.8 Å². The van der Waals surface area contributed by atoms with E-state index in [9.17, 15) is 9.90 Å². The molecular formula is C18H20N2O5. The first kappa shape index (κ1) is 18.4. The lowest BCUT2D eigenvalue weighted by atomic mass is 9.86. The van der Waals surface area contributed by atoms with Gasteiger partial charge in [0.25, 0.3) is 0 Å². The summed E-state index contributed by atoms with van der Waals surface area (Å²) < 4.78 is 16.0. The van der Waals surface area contributed by atoms with Gasteiger partial charge >= 0.3 is 0 Å². The number of hydrogen-bond acceptors (Lipinski definition) is 7. The first-order valence-corrected chi connectivity index (χ1v) is 7.64. The summed E-state index contributed by atoms with van der Waals surface area (Å²) in [5.41, 5.74) is 0.319. The minimum atomic E-state index is -0.876. The number of nitrogens with one attached hydrogen (secondary N) is 1. The van der Waals surface area contributed by atoms with Crippen molar-refractivity contribution in [2.45, 2.75) is 31.6 Å². The molecule has 0 bridgehead atoms. The number of fused-ring (bicyclic) bond motifs is 1. The van der Waals surface area contributed by atoms with Crippen molar-refractivity contribution in [3.05, 3.63) is 47.5 Å². The highest BCUT2D eigenvalue weighted by Crippen LogP contribution is 2.40. The molecule has 0 aliphatic carbocycles. The maximum Gasteiger partial charge on any atom is 0.167 e. The molecule has 1 heterocycles. The largest absolute Gasteiger partial charge is 0.496 e. The molecule has 1 aromatic carbocycles. The lowest BCUT2D eigenvalue weighted by Crippen LogP contribution is -2.51. The third-order valence-electron chi connectivity index (χ3n) is 3.92. The molecular weight excluding hydrogens is 324 g/mol. The van der Waals surface area contributed by atoms with Crippen LogP contribution in [0.4, 0.5) is 0 Å². The first-order chi connectivity index (χ1) is 11.9. The molecule has 0 unspecified atom stereocenters. The number of carbonyl (C=O) groups excluding carboxylic acids is 1. The number of aliphatic hydroxyl groups excluding tert-OH is 1. The summed E-state index contributed by atoms with van der Waals surface area (Å²) in [6.45, 7) is 3.60. The van der Waals surface area contributed by atoms with E-state index in [1.807, 2.05) is 0 Å². The van der Waals surface area contributed by atoms with Crippen LogP contribution in [-0.4, -0.2) is 36.5 Å². The maximum absolute atomic E-state index is 10.7. The fourth-order valence-corrected chi connectivity index (χ4v) is 2.55. The van der Waals surface area contributed by atoms with E-state index >= 15 is 0 Å². The van der Waals surface area contributed by atoms with Crippen molar-refractivity contribution in [2.24, 2.45) is 0 Å². The Hall–Kier alpha value is -2.94. The number of ether oxygens (including phenoxy) is 3. The summed E-state index contributed by atoms with van der Waals surface area (Å²) in [5.74, 6) is 2.52. The molecule has 1 aromatic rings. The Kier molecular flexibility index (Phi) is 5.71. The Morgan fingerprint density at radius 3 is 2.92 bits per heavy atom. The van der Waals surface area contributed by atoms with Crippen molar-refractivity contribution in [2.75, 3.05) is 13.7 Å². The van der Waals surface area contributed by atoms with Crippen molar-refractivity contribution in [3.63, 3.8) is 0 Å². The van der Waals surface area contributed by atoms with Crippen LogP contribution >= 0.6 is 0 Å². The van der Waals surface area contributed by atoms with Gasteiger partial charge in [-0.15, -0.1) is 0 Å². The van der Waals surface area contributed by atoms with E-state index in [-0.39, 0.29) is 6.61 Å². The number of nitriles is 1. The molecule has 0 spiro atoms. The second kappa shape index (κ2) is 7.75. The van der Waals surface area contributed by atoms with Gasteiger partial charge < -0.3 is 24.6 Å². The Balaban J connectivity index is 2.31. The molecule has 0 radical (unpaired) electrons. The zero-order valence-corrected chi connectivity index (χ0v) is 14.3. The van der Waals surface area contributed by atoms with E-state index in [0.717, 1.165) is 6.26 Å². The van der Waals surface area contributed by atoms with Crippen LogP contribution in [-0.2, 0) is 14.3 Å². The van der Waals surface area contributed by atoms with Crippen LogP contribution in [0.5, 0.6) is 5.75 Å². The van der Waals surface area contributed by atoms with Crippen LogP contribution in [0, 0.1) is 11.3 Å². The number of hydrogen-bond donors (Lipinski definition) is 2. The minimum Gasteiger partial charge on any atom is -0.496 e. The molecule has 0 amide bonds. The van der Waals surface area contributed by atoms with Crippen LogP contribution in [0.1, 0.15) is 31.0 Å². The predicted molar refractivity (Wildman–Crippen MR) is 89.1 cm³/mol. The molecule has 0 fully saturated rings. The molecule has 0 saturated heterocycles. The third-order valence-corrected chi connectivity index (χ3v) is 3.92. The SMILES string of the molecule is CO/C(=C/N[C@@H]1c2cc(C#N)ccc2OC(C)(C)[C@H]1O)COC=C=O. The fraction of sp³-hybridized carbons (Fsp3) is 0.389. The van der Waals surface area contributed by atoms with E-state index in [0.29, 0.717) is 22.6 Å². The van der Waals surface area contributed by atoms with E-state index in [4.69, 9.17) is 19.5 Å². The third kappa shape index (κ3) is 4.13. The molecule has 2 atom stereocenters. The molecule has 2 rings (SSSR count). The van der Waals surface area contributed by atoms with E-state index in [2.05, 4.69) is 11.4 Å². The summed E-state index contributed by atoms with van der Waals surface area (Å²) in [7, 11) is 1.47. The second-order valence-electron chi connectivity index (χ2n) is 6.02. The van der Waals surface area contributed by atoms with Gasteiger partial charge in [-0.2, -0.15) is 5.26 Å². The van der Waals surface area contributed by atoms with Crippen molar-refractivity contribution < 1.29 is 24.1 Å². The molecule has 7 nitrogen and oxygen atoms in total. The highest BCUT2D eigenvalue weighted by molar-refractivity contribution is 5.46. The standard InChI is InChI=1S/C18H20N2O5/c1-18(2)17(22)16(20-10-13(23-3)11-24-7-6-21)14-8-12(9-19)4-5-15(14)25-18/h4-5,7-8,10,16-17,20,22H,11H2,1-3H3/b13-10+/t16-,17+/m1/s1. The average molecular weight is 344 g/mol. The molecule has 132 valence electrons. The van der Waals surface area contributed by atoms with Crippen LogP contribution in [0.3, 0.4) is 0 Å². The van der Waals surface area contributed by atoms with Gasteiger partial charge in [0, 0.05) is 11.8 Å². The molecule has 7 heteroatoms. The Morgan fingerprint density at radius 1 is 1.52 bits per heavy atom. The number of benzene rings is 1. The molecule has 1 aliphatic rings. The van der Waals surface area contributed by atoms with Gasteiger partial charge in [0.1, 0.15) is 29.8 Å². The second-order valence-corrected chi connectivity index (χ2v) is 6.02. The number of nitrogens with zero attached hydrogens (tertiary/aromatic N) is 1. The zero-order chi connectivity index (χ0) is 18.4. The van der Waals surface area contributed by atoms with Gasteiger partial charge in [-0.3, -0.25) is 0 Å².